The van der Waals surface area contributed by atoms with Crippen LogP contribution in [-0.4, -0.2) is 238 Å². The highest BCUT2D eigenvalue weighted by Crippen LogP contribution is 2.36. The van der Waals surface area contributed by atoms with Gasteiger partial charge >= 0.3 is 30.5 Å². The minimum absolute atomic E-state index is 0.219. The molecule has 0 bridgehead atoms. The molecule has 18 atom stereocenters. The third-order valence-corrected chi connectivity index (χ3v) is 12.2. The van der Waals surface area contributed by atoms with Crippen LogP contribution in [0.4, 0.5) is 24.0 Å². The van der Waals surface area contributed by atoms with Gasteiger partial charge in [-0.15, -0.1) is 0 Å². The number of nitrogens with one attached hydrogen (secondary N) is 7. The van der Waals surface area contributed by atoms with E-state index in [0.29, 0.717) is 0 Å². The van der Waals surface area contributed by atoms with E-state index in [2.05, 4.69) is 37.2 Å². The Hall–Kier alpha value is -4.96. The maximum absolute atomic E-state index is 13.8. The van der Waals surface area contributed by atoms with Crippen LogP contribution in [0.25, 0.3) is 0 Å². The first-order valence-electron chi connectivity index (χ1n) is 27.7. The van der Waals surface area contributed by atoms with Gasteiger partial charge in [0.15, 0.2) is 18.9 Å². The van der Waals surface area contributed by atoms with Gasteiger partial charge in [-0.2, -0.15) is 0 Å². The molecule has 0 spiro atoms. The van der Waals surface area contributed by atoms with E-state index in [1.54, 1.807) is 123 Å². The fourth-order valence-electron chi connectivity index (χ4n) is 8.85. The number of hydrogen-bond donors (Lipinski definition) is 13. The Kier molecular flexibility index (Phi) is 25.0. The summed E-state index contributed by atoms with van der Waals surface area (Å²) in [5.74, 6) is -1.04. The van der Waals surface area contributed by atoms with Crippen molar-refractivity contribution < 1.29 is 112 Å². The number of hydrogen-bond acceptors (Lipinski definition) is 24. The molecule has 4 rings (SSSR count). The number of rotatable bonds is 19. The Labute approximate surface area is 484 Å². The lowest BCUT2D eigenvalue weighted by Crippen LogP contribution is -2.68. The van der Waals surface area contributed by atoms with E-state index in [1.807, 2.05) is 0 Å². The van der Waals surface area contributed by atoms with Gasteiger partial charge in [-0.1, -0.05) is 12.2 Å². The molecule has 0 aromatic rings. The summed E-state index contributed by atoms with van der Waals surface area (Å²) >= 11 is 0. The normalized spacial score (nSPS) is 31.8. The molecule has 30 nitrogen and oxygen atoms in total. The number of aliphatic hydroxyl groups excluding tert-OH is 6. The van der Waals surface area contributed by atoms with Crippen LogP contribution in [0.2, 0.25) is 0 Å². The Morgan fingerprint density at radius 2 is 1.01 bits per heavy atom. The molecule has 0 aromatic carbocycles. The number of ether oxygens (including phenoxy) is 11. The zero-order valence-corrected chi connectivity index (χ0v) is 50.4. The number of alkyl carbamates (subject to hydrolysis) is 5. The van der Waals surface area contributed by atoms with E-state index in [0.717, 1.165) is 0 Å². The molecule has 1 saturated carbocycles. The first-order valence-corrected chi connectivity index (χ1v) is 27.7. The van der Waals surface area contributed by atoms with Crippen LogP contribution in [0.15, 0.2) is 12.2 Å². The second kappa shape index (κ2) is 29.4. The average molecular weight is 1200 g/mol. The Morgan fingerprint density at radius 1 is 0.518 bits per heavy atom. The first-order chi connectivity index (χ1) is 38.2. The molecule has 3 heterocycles. The van der Waals surface area contributed by atoms with Gasteiger partial charge in [-0.05, 0) is 124 Å². The molecular weight excluding hydrogens is 1100 g/mol. The van der Waals surface area contributed by atoms with Crippen molar-refractivity contribution >= 4 is 36.4 Å². The van der Waals surface area contributed by atoms with E-state index in [4.69, 9.17) is 52.1 Å². The fraction of sp³-hybridized carbons (Fsp3) is 0.849. The van der Waals surface area contributed by atoms with Crippen LogP contribution in [-0.2, 0) is 56.9 Å². The predicted octanol–water partition coefficient (Wildman–Crippen LogP) is -0.103. The molecule has 2 saturated heterocycles. The summed E-state index contributed by atoms with van der Waals surface area (Å²) in [7, 11) is 1.67. The molecule has 0 aromatic heterocycles. The SMILES string of the molecule is CNC[C@@H]1C=C[C@@H](NC(=O)OC(C)(C)C)[C@@H](O[C@H]2[C@H](O[C@@H]3O[C@H](CO)[C@@H](O[C@H]4O[C@@H](CNC(=O)OC(C)(C)C)[C@@H](O)[C@H](O)[C@H]4NC(=O)OC(C)(C)C)[C@H]3O)[C@@H](O)[C@H](NC(=O)[C@@H](O)CCNC(=O)OC(C)(C)C)C[C@@H]2NC(=O)OC(C)(C)C)O1. The van der Waals surface area contributed by atoms with Crippen molar-refractivity contribution in [1.29, 1.82) is 0 Å². The van der Waals surface area contributed by atoms with E-state index in [1.165, 1.54) is 0 Å². The van der Waals surface area contributed by atoms with Crippen molar-refractivity contribution in [3.63, 3.8) is 0 Å². The summed E-state index contributed by atoms with van der Waals surface area (Å²) in [4.78, 5) is 79.1. The summed E-state index contributed by atoms with van der Waals surface area (Å²) < 4.78 is 65.0. The van der Waals surface area contributed by atoms with Crippen molar-refractivity contribution in [2.45, 2.75) is 255 Å². The second-order valence-electron chi connectivity index (χ2n) is 25.6. The quantitative estimate of drug-likeness (QED) is 0.0593. The summed E-state index contributed by atoms with van der Waals surface area (Å²) in [5.41, 5.74) is -4.83. The highest BCUT2D eigenvalue weighted by atomic mass is 16.8. The number of aliphatic hydroxyl groups is 6. The smallest absolute Gasteiger partial charge is 0.408 e. The van der Waals surface area contributed by atoms with Crippen molar-refractivity contribution in [2.24, 2.45) is 0 Å². The minimum atomic E-state index is -2.00. The summed E-state index contributed by atoms with van der Waals surface area (Å²) in [6.45, 7) is 22.9. The van der Waals surface area contributed by atoms with Crippen molar-refractivity contribution in [3.05, 3.63) is 12.2 Å². The average Bonchev–Trinajstić information content (AvgIpc) is 3.64. The Morgan fingerprint density at radius 3 is 1.55 bits per heavy atom. The summed E-state index contributed by atoms with van der Waals surface area (Å²) in [6, 6.07) is -5.61. The van der Waals surface area contributed by atoms with Crippen LogP contribution in [0.3, 0.4) is 0 Å². The molecule has 30 heteroatoms. The molecular formula is C53H93N7O23. The highest BCUT2D eigenvalue weighted by molar-refractivity contribution is 5.81. The highest BCUT2D eigenvalue weighted by Gasteiger charge is 2.56. The van der Waals surface area contributed by atoms with Crippen molar-refractivity contribution in [2.75, 3.05) is 33.3 Å². The van der Waals surface area contributed by atoms with Gasteiger partial charge in [-0.3, -0.25) is 4.79 Å². The second-order valence-corrected chi connectivity index (χ2v) is 25.6. The maximum Gasteiger partial charge on any atom is 0.408 e. The lowest BCUT2D eigenvalue weighted by atomic mass is 9.83. The molecule has 3 fully saturated rings. The third kappa shape index (κ3) is 23.1. The molecule has 3 aliphatic heterocycles. The first kappa shape index (κ1) is 70.5. The molecule has 1 aliphatic carbocycles. The van der Waals surface area contributed by atoms with Crippen molar-refractivity contribution in [1.82, 2.24) is 37.2 Å². The van der Waals surface area contributed by atoms with Crippen LogP contribution in [0.1, 0.15) is 117 Å². The number of likely N-dealkylation sites (N-methyl/N-ethyl adjacent to an activating group) is 1. The summed E-state index contributed by atoms with van der Waals surface area (Å²) in [6.07, 6.45) is -25.7. The van der Waals surface area contributed by atoms with Crippen LogP contribution >= 0.6 is 0 Å². The largest absolute Gasteiger partial charge is 0.444 e. The topological polar surface area (TPSA) is 410 Å². The Bertz CT molecular complexity index is 2180. The molecule has 0 unspecified atom stereocenters. The third-order valence-electron chi connectivity index (χ3n) is 12.2. The molecule has 4 aliphatic rings. The lowest BCUT2D eigenvalue weighted by Gasteiger charge is -2.47. The monoisotopic (exact) mass is 1200 g/mol. The molecule has 83 heavy (non-hydrogen) atoms. The predicted molar refractivity (Wildman–Crippen MR) is 290 cm³/mol. The lowest BCUT2D eigenvalue weighted by molar-refractivity contribution is -0.287. The van der Waals surface area contributed by atoms with Crippen LogP contribution < -0.4 is 37.2 Å². The standard InChI is InChI=1S/C53H93N7O23/c1-49(2,3)79-44(68)55-20-19-29(62)40(67)57-27-21-28(59-47(71)82-52(10,11)12)37(76-41-26(18-17-25(73-41)22-54-16)58-46(70)81-51(7,8)9)39(33(27)63)78-43-36(66)38(31(24-61)75-43)77-42-32(60-48(72)83-53(13,14)15)35(65)34(64)30(74-42)23-56-45(69)80-50(4,5)6/h17-18,25-39,41-43,54,61-66H,19-24H2,1-16H3,(H,55,68)(H,56,69)(H,57,67)(H,58,70)(H,59,71)(H,60,72)/t25-,26+,27+,28-,29-,30-,31+,32+,33-,34+,35+,36+,37+,38+,39+,41+,42+,43-/m0/s1. The molecule has 0 radical (unpaired) electrons. The number of carbonyl (C=O) groups is 6. The van der Waals surface area contributed by atoms with E-state index in [9.17, 15) is 59.4 Å². The maximum atomic E-state index is 13.8. The van der Waals surface area contributed by atoms with Gasteiger partial charge in [-0.25, -0.2) is 24.0 Å². The van der Waals surface area contributed by atoms with E-state index >= 15 is 0 Å². The van der Waals surface area contributed by atoms with Crippen molar-refractivity contribution in [3.8, 4) is 0 Å². The van der Waals surface area contributed by atoms with Gasteiger partial charge < -0.3 is 120 Å². The van der Waals surface area contributed by atoms with Crippen LogP contribution in [0, 0.1) is 0 Å². The Balaban J connectivity index is 1.79. The zero-order chi connectivity index (χ0) is 62.7. The van der Waals surface area contributed by atoms with Gasteiger partial charge in [0, 0.05) is 19.6 Å². The molecule has 478 valence electrons. The van der Waals surface area contributed by atoms with Crippen LogP contribution in [0.5, 0.6) is 0 Å². The fourth-order valence-corrected chi connectivity index (χ4v) is 8.85. The molecule has 6 amide bonds. The molecule has 13 N–H and O–H groups in total. The van der Waals surface area contributed by atoms with E-state index in [-0.39, 0.29) is 25.9 Å². The zero-order valence-electron chi connectivity index (χ0n) is 50.4. The van der Waals surface area contributed by atoms with Gasteiger partial charge in [0.2, 0.25) is 5.91 Å². The minimum Gasteiger partial charge on any atom is -0.444 e. The number of carbonyl (C=O) groups excluding carboxylic acids is 6. The van der Waals surface area contributed by atoms with E-state index < -0.39 is 188 Å². The van der Waals surface area contributed by atoms with Gasteiger partial charge in [0.05, 0.1) is 24.8 Å². The number of amides is 6. The summed E-state index contributed by atoms with van der Waals surface area (Å²) in [5, 5.41) is 87.7. The van der Waals surface area contributed by atoms with Gasteiger partial charge in [0.25, 0.3) is 0 Å². The van der Waals surface area contributed by atoms with Gasteiger partial charge in [0.1, 0.15) is 101 Å².